The third-order valence-corrected chi connectivity index (χ3v) is 5.01. The lowest BCUT2D eigenvalue weighted by Crippen LogP contribution is -2.42. The number of thiazole rings is 1. The van der Waals surface area contributed by atoms with Gasteiger partial charge in [0, 0.05) is 6.42 Å². The molecule has 2 aromatic rings. The molecule has 0 bridgehead atoms. The molecule has 1 heterocycles. The summed E-state index contributed by atoms with van der Waals surface area (Å²) in [7, 11) is 1.35. The summed E-state index contributed by atoms with van der Waals surface area (Å²) < 4.78 is 5.96. The first kappa shape index (κ1) is 19.4. The molecule has 6 heteroatoms. The second kappa shape index (κ2) is 9.51. The lowest BCUT2D eigenvalue weighted by atomic mass is 10.0. The van der Waals surface area contributed by atoms with E-state index in [1.165, 1.54) is 11.8 Å². The average Bonchev–Trinajstić information content (AvgIpc) is 2.99. The van der Waals surface area contributed by atoms with E-state index in [0.29, 0.717) is 18.8 Å². The van der Waals surface area contributed by atoms with Crippen LogP contribution in [0.15, 0.2) is 24.3 Å². The standard InChI is InChI=1S/C19H26N2O3S/c1-13(2)12-15(19(23)24-3)20-17(22)10-6-7-11-18-21-14-8-4-5-9-16(14)25-18/h4-5,8-9,13,15H,6-7,10-12H2,1-3H3,(H,20,22). The minimum Gasteiger partial charge on any atom is -0.467 e. The number of ether oxygens (including phenoxy) is 1. The predicted octanol–water partition coefficient (Wildman–Crippen LogP) is 3.71. The molecule has 0 spiro atoms. The van der Waals surface area contributed by atoms with Crippen LogP contribution in [0.1, 0.15) is 44.5 Å². The van der Waals surface area contributed by atoms with Gasteiger partial charge in [-0.2, -0.15) is 0 Å². The van der Waals surface area contributed by atoms with Crippen LogP contribution in [0.5, 0.6) is 0 Å². The van der Waals surface area contributed by atoms with E-state index in [-0.39, 0.29) is 11.9 Å². The molecule has 0 saturated heterocycles. The molecule has 0 radical (unpaired) electrons. The molecule has 0 aliphatic carbocycles. The number of aromatic nitrogens is 1. The van der Waals surface area contributed by atoms with Crippen molar-refractivity contribution in [3.63, 3.8) is 0 Å². The van der Waals surface area contributed by atoms with Gasteiger partial charge < -0.3 is 10.1 Å². The molecule has 2 rings (SSSR count). The van der Waals surface area contributed by atoms with Gasteiger partial charge in [-0.15, -0.1) is 11.3 Å². The van der Waals surface area contributed by atoms with E-state index in [4.69, 9.17) is 4.74 Å². The number of para-hydroxylation sites is 1. The van der Waals surface area contributed by atoms with Gasteiger partial charge >= 0.3 is 5.97 Å². The zero-order valence-corrected chi connectivity index (χ0v) is 15.9. The Kier molecular flexibility index (Phi) is 7.37. The fraction of sp³-hybridized carbons (Fsp3) is 0.526. The second-order valence-corrected chi connectivity index (χ2v) is 7.67. The number of amides is 1. The number of hydrogen-bond acceptors (Lipinski definition) is 5. The summed E-state index contributed by atoms with van der Waals surface area (Å²) in [5.74, 6) is -0.166. The molecule has 0 aliphatic heterocycles. The predicted molar refractivity (Wildman–Crippen MR) is 101 cm³/mol. The Morgan fingerprint density at radius 1 is 1.24 bits per heavy atom. The molecule has 25 heavy (non-hydrogen) atoms. The van der Waals surface area contributed by atoms with E-state index in [0.717, 1.165) is 29.8 Å². The molecule has 1 aromatic carbocycles. The summed E-state index contributed by atoms with van der Waals surface area (Å²) in [5, 5.41) is 3.90. The van der Waals surface area contributed by atoms with Crippen LogP contribution in [0, 0.1) is 5.92 Å². The molecule has 0 aliphatic rings. The number of nitrogens with one attached hydrogen (secondary N) is 1. The number of methoxy groups -OCH3 is 1. The molecule has 1 atom stereocenters. The number of unbranched alkanes of at least 4 members (excludes halogenated alkanes) is 1. The number of carbonyl (C=O) groups excluding carboxylic acids is 2. The Morgan fingerprint density at radius 2 is 2.00 bits per heavy atom. The minimum atomic E-state index is -0.554. The fourth-order valence-electron chi connectivity index (χ4n) is 2.68. The lowest BCUT2D eigenvalue weighted by molar-refractivity contribution is -0.145. The molecular formula is C19H26N2O3S. The van der Waals surface area contributed by atoms with E-state index in [1.807, 2.05) is 32.0 Å². The van der Waals surface area contributed by atoms with Crippen molar-refractivity contribution in [3.8, 4) is 0 Å². The Morgan fingerprint density at radius 3 is 2.68 bits per heavy atom. The zero-order chi connectivity index (χ0) is 18.2. The Bertz CT molecular complexity index is 679. The topological polar surface area (TPSA) is 68.3 Å². The van der Waals surface area contributed by atoms with Gasteiger partial charge in [0.25, 0.3) is 0 Å². The first-order chi connectivity index (χ1) is 12.0. The summed E-state index contributed by atoms with van der Waals surface area (Å²) >= 11 is 1.71. The van der Waals surface area contributed by atoms with Crippen molar-refractivity contribution in [2.24, 2.45) is 5.92 Å². The third kappa shape index (κ3) is 6.12. The van der Waals surface area contributed by atoms with Crippen LogP contribution in [0.3, 0.4) is 0 Å². The number of benzene rings is 1. The molecule has 1 amide bonds. The Labute approximate surface area is 152 Å². The van der Waals surface area contributed by atoms with Gasteiger partial charge in [-0.1, -0.05) is 26.0 Å². The quantitative estimate of drug-likeness (QED) is 0.545. The molecule has 1 N–H and O–H groups in total. The molecule has 136 valence electrons. The Balaban J connectivity index is 1.74. The second-order valence-electron chi connectivity index (χ2n) is 6.56. The van der Waals surface area contributed by atoms with Gasteiger partial charge in [0.05, 0.1) is 22.3 Å². The zero-order valence-electron chi connectivity index (χ0n) is 15.1. The highest BCUT2D eigenvalue weighted by Crippen LogP contribution is 2.22. The van der Waals surface area contributed by atoms with Crippen molar-refractivity contribution >= 4 is 33.4 Å². The van der Waals surface area contributed by atoms with Crippen molar-refractivity contribution in [1.82, 2.24) is 10.3 Å². The van der Waals surface area contributed by atoms with Crippen molar-refractivity contribution in [2.45, 2.75) is 52.0 Å². The number of nitrogens with zero attached hydrogens (tertiary/aromatic N) is 1. The minimum absolute atomic E-state index is 0.0969. The van der Waals surface area contributed by atoms with Crippen LogP contribution in [0.4, 0.5) is 0 Å². The normalized spacial score (nSPS) is 12.3. The summed E-state index contributed by atoms with van der Waals surface area (Å²) in [6.45, 7) is 4.03. The molecular weight excluding hydrogens is 336 g/mol. The van der Waals surface area contributed by atoms with Crippen LogP contribution in [-0.4, -0.2) is 30.0 Å². The van der Waals surface area contributed by atoms with Crippen molar-refractivity contribution in [1.29, 1.82) is 0 Å². The van der Waals surface area contributed by atoms with Crippen LogP contribution < -0.4 is 5.32 Å². The molecule has 0 fully saturated rings. The van der Waals surface area contributed by atoms with Crippen molar-refractivity contribution in [2.75, 3.05) is 7.11 Å². The van der Waals surface area contributed by atoms with Gasteiger partial charge in [-0.05, 0) is 43.7 Å². The third-order valence-electron chi connectivity index (χ3n) is 3.91. The van der Waals surface area contributed by atoms with Crippen LogP contribution in [-0.2, 0) is 20.7 Å². The number of rotatable bonds is 9. The van der Waals surface area contributed by atoms with Gasteiger partial charge in [0.2, 0.25) is 5.91 Å². The average molecular weight is 362 g/mol. The maximum Gasteiger partial charge on any atom is 0.328 e. The van der Waals surface area contributed by atoms with E-state index >= 15 is 0 Å². The lowest BCUT2D eigenvalue weighted by Gasteiger charge is -2.18. The highest BCUT2D eigenvalue weighted by molar-refractivity contribution is 7.18. The van der Waals surface area contributed by atoms with Crippen LogP contribution in [0.25, 0.3) is 10.2 Å². The van der Waals surface area contributed by atoms with E-state index in [2.05, 4.69) is 16.4 Å². The maximum absolute atomic E-state index is 12.1. The monoisotopic (exact) mass is 362 g/mol. The van der Waals surface area contributed by atoms with E-state index in [1.54, 1.807) is 11.3 Å². The summed E-state index contributed by atoms with van der Waals surface area (Å²) in [4.78, 5) is 28.4. The maximum atomic E-state index is 12.1. The summed E-state index contributed by atoms with van der Waals surface area (Å²) in [6, 6.07) is 7.55. The van der Waals surface area contributed by atoms with E-state index < -0.39 is 6.04 Å². The summed E-state index contributed by atoms with van der Waals surface area (Å²) in [5.41, 5.74) is 1.04. The van der Waals surface area contributed by atoms with E-state index in [9.17, 15) is 9.59 Å². The van der Waals surface area contributed by atoms with Crippen LogP contribution >= 0.6 is 11.3 Å². The molecule has 5 nitrogen and oxygen atoms in total. The van der Waals surface area contributed by atoms with Crippen molar-refractivity contribution < 1.29 is 14.3 Å². The van der Waals surface area contributed by atoms with Crippen LogP contribution in [0.2, 0.25) is 0 Å². The SMILES string of the molecule is COC(=O)C(CC(C)C)NC(=O)CCCCc1nc2ccccc2s1. The number of hydrogen-bond donors (Lipinski definition) is 1. The largest absolute Gasteiger partial charge is 0.467 e. The molecule has 1 aromatic heterocycles. The number of aryl methyl sites for hydroxylation is 1. The molecule has 0 saturated carbocycles. The smallest absolute Gasteiger partial charge is 0.328 e. The first-order valence-corrected chi connectivity index (χ1v) is 9.53. The first-order valence-electron chi connectivity index (χ1n) is 8.71. The van der Waals surface area contributed by atoms with Crippen molar-refractivity contribution in [3.05, 3.63) is 29.3 Å². The number of esters is 1. The molecule has 1 unspecified atom stereocenters. The number of fused-ring (bicyclic) bond motifs is 1. The highest BCUT2D eigenvalue weighted by Gasteiger charge is 2.22. The van der Waals surface area contributed by atoms with Gasteiger partial charge in [-0.25, -0.2) is 9.78 Å². The highest BCUT2D eigenvalue weighted by atomic mass is 32.1. The van der Waals surface area contributed by atoms with Gasteiger partial charge in [-0.3, -0.25) is 4.79 Å². The number of carbonyl (C=O) groups is 2. The van der Waals surface area contributed by atoms with Gasteiger partial charge in [0.15, 0.2) is 0 Å². The summed E-state index contributed by atoms with van der Waals surface area (Å²) in [6.07, 6.45) is 3.55. The fourth-order valence-corrected chi connectivity index (χ4v) is 3.69. The Hall–Kier alpha value is -1.95. The van der Waals surface area contributed by atoms with Gasteiger partial charge in [0.1, 0.15) is 6.04 Å².